The fourth-order valence-electron chi connectivity index (χ4n) is 5.05. The zero-order chi connectivity index (χ0) is 23.1. The summed E-state index contributed by atoms with van der Waals surface area (Å²) in [7, 11) is 2.14. The van der Waals surface area contributed by atoms with Crippen LogP contribution in [0.25, 0.3) is 43.6 Å². The zero-order valence-corrected chi connectivity index (χ0v) is 20.2. The Morgan fingerprint density at radius 3 is 1.48 bits per heavy atom. The van der Waals surface area contributed by atoms with Gasteiger partial charge in [0.05, 0.1) is 0 Å². The van der Waals surface area contributed by atoms with Crippen molar-refractivity contribution in [2.45, 2.75) is 39.7 Å². The van der Waals surface area contributed by atoms with Crippen LogP contribution in [-0.2, 0) is 7.05 Å². The van der Waals surface area contributed by atoms with Crippen LogP contribution >= 0.6 is 0 Å². The van der Waals surface area contributed by atoms with Crippen LogP contribution in [0.4, 0.5) is 0 Å². The van der Waals surface area contributed by atoms with Gasteiger partial charge in [-0.15, -0.1) is 0 Å². The van der Waals surface area contributed by atoms with E-state index in [2.05, 4.69) is 135 Å². The average Bonchev–Trinajstić information content (AvgIpc) is 3.32. The Bertz CT molecular complexity index is 1520. The fraction of sp³-hybridized carbons (Fsp3) is 0.226. The Kier molecular flexibility index (Phi) is 5.46. The van der Waals surface area contributed by atoms with E-state index in [1.54, 1.807) is 0 Å². The Morgan fingerprint density at radius 2 is 0.970 bits per heavy atom. The number of rotatable bonds is 2. The van der Waals surface area contributed by atoms with Gasteiger partial charge >= 0.3 is 0 Å². The summed E-state index contributed by atoms with van der Waals surface area (Å²) in [5.74, 6) is 0.582. The minimum Gasteiger partial charge on any atom is -0.344 e. The number of hydrogen-bond acceptors (Lipinski definition) is 0. The number of para-hydroxylation sites is 3. The van der Waals surface area contributed by atoms with E-state index < -0.39 is 0 Å². The van der Waals surface area contributed by atoms with E-state index >= 15 is 0 Å². The zero-order valence-electron chi connectivity index (χ0n) is 20.2. The lowest BCUT2D eigenvalue weighted by molar-refractivity contribution is 0.642. The first-order valence-electron chi connectivity index (χ1n) is 11.9. The highest BCUT2D eigenvalue weighted by Gasteiger charge is 2.11. The van der Waals surface area contributed by atoms with Gasteiger partial charge in [0.15, 0.2) is 0 Å². The standard InChI is InChI=1S/C16H17N.C15H15N/c1-11(2)12-8-9-16-14(10-12)13-6-4-5-7-15(13)17(16)3;1-11(2)16-14-9-5-3-7-12(14)13-8-4-6-10-15(13)16/h4-11H,1-3H3;3-11H,1-2H3. The molecule has 0 aliphatic heterocycles. The topological polar surface area (TPSA) is 9.86 Å². The van der Waals surface area contributed by atoms with E-state index in [4.69, 9.17) is 0 Å². The molecule has 0 spiro atoms. The first-order chi connectivity index (χ1) is 16.0. The maximum atomic E-state index is 2.41. The van der Waals surface area contributed by atoms with Crippen molar-refractivity contribution in [2.75, 3.05) is 0 Å². The molecule has 33 heavy (non-hydrogen) atoms. The molecular formula is C31H32N2. The maximum Gasteiger partial charge on any atom is 0.0493 e. The van der Waals surface area contributed by atoms with Crippen molar-refractivity contribution >= 4 is 43.6 Å². The van der Waals surface area contributed by atoms with Crippen LogP contribution in [0.2, 0.25) is 0 Å². The van der Waals surface area contributed by atoms with Gasteiger partial charge in [0.2, 0.25) is 0 Å². The van der Waals surface area contributed by atoms with Crippen molar-refractivity contribution in [1.29, 1.82) is 0 Å². The van der Waals surface area contributed by atoms with E-state index in [1.807, 2.05) is 0 Å². The normalized spacial score (nSPS) is 11.7. The van der Waals surface area contributed by atoms with Crippen molar-refractivity contribution in [3.05, 3.63) is 96.6 Å². The summed E-state index contributed by atoms with van der Waals surface area (Å²) in [5, 5.41) is 5.43. The minimum absolute atomic E-state index is 0.491. The van der Waals surface area contributed by atoms with Crippen molar-refractivity contribution in [3.8, 4) is 0 Å². The first kappa shape index (κ1) is 21.3. The van der Waals surface area contributed by atoms with E-state index in [1.165, 1.54) is 49.2 Å². The molecule has 6 rings (SSSR count). The van der Waals surface area contributed by atoms with Gasteiger partial charge in [0.1, 0.15) is 0 Å². The number of fused-ring (bicyclic) bond motifs is 6. The van der Waals surface area contributed by atoms with Crippen LogP contribution in [0, 0.1) is 0 Å². The molecule has 0 aliphatic rings. The average molecular weight is 433 g/mol. The monoisotopic (exact) mass is 432 g/mol. The molecular weight excluding hydrogens is 400 g/mol. The molecule has 0 bridgehead atoms. The molecule has 0 unspecified atom stereocenters. The number of nitrogens with zero attached hydrogens (tertiary/aromatic N) is 2. The lowest BCUT2D eigenvalue weighted by Crippen LogP contribution is -1.99. The SMILES string of the molecule is CC(C)c1ccc2c(c1)c1ccccc1n2C.CC(C)n1c2ccccc2c2ccccc21. The Labute approximate surface area is 196 Å². The van der Waals surface area contributed by atoms with Gasteiger partial charge in [0, 0.05) is 56.7 Å². The van der Waals surface area contributed by atoms with Crippen LogP contribution in [-0.4, -0.2) is 9.13 Å². The molecule has 2 heteroatoms. The highest BCUT2D eigenvalue weighted by molar-refractivity contribution is 6.09. The van der Waals surface area contributed by atoms with Gasteiger partial charge in [-0.3, -0.25) is 0 Å². The molecule has 4 aromatic carbocycles. The molecule has 0 N–H and O–H groups in total. The van der Waals surface area contributed by atoms with Crippen molar-refractivity contribution in [3.63, 3.8) is 0 Å². The second-order valence-electron chi connectivity index (χ2n) is 9.51. The largest absolute Gasteiger partial charge is 0.344 e. The molecule has 166 valence electrons. The number of hydrogen-bond donors (Lipinski definition) is 0. The lowest BCUT2D eigenvalue weighted by atomic mass is 10.0. The highest BCUT2D eigenvalue weighted by atomic mass is 15.0. The van der Waals surface area contributed by atoms with E-state index in [0.717, 1.165) is 0 Å². The fourth-order valence-corrected chi connectivity index (χ4v) is 5.05. The van der Waals surface area contributed by atoms with Crippen LogP contribution in [0.5, 0.6) is 0 Å². The predicted octanol–water partition coefficient (Wildman–Crippen LogP) is 8.83. The Morgan fingerprint density at radius 1 is 0.515 bits per heavy atom. The summed E-state index contributed by atoms with van der Waals surface area (Å²) in [6.45, 7) is 8.95. The molecule has 0 fully saturated rings. The number of aromatic nitrogens is 2. The van der Waals surface area contributed by atoms with Crippen LogP contribution in [0.15, 0.2) is 91.0 Å². The van der Waals surface area contributed by atoms with Crippen molar-refractivity contribution < 1.29 is 0 Å². The highest BCUT2D eigenvalue weighted by Crippen LogP contribution is 2.32. The maximum absolute atomic E-state index is 2.41. The number of aryl methyl sites for hydroxylation is 1. The Balaban J connectivity index is 0.000000139. The summed E-state index contributed by atoms with van der Waals surface area (Å²) in [5.41, 5.74) is 6.70. The van der Waals surface area contributed by atoms with Crippen molar-refractivity contribution in [2.24, 2.45) is 7.05 Å². The van der Waals surface area contributed by atoms with Gasteiger partial charge < -0.3 is 9.13 Å². The minimum atomic E-state index is 0.491. The molecule has 6 aromatic rings. The summed E-state index contributed by atoms with van der Waals surface area (Å²) in [6, 6.07) is 33.2. The van der Waals surface area contributed by atoms with Crippen LogP contribution in [0.1, 0.15) is 45.2 Å². The van der Waals surface area contributed by atoms with Crippen molar-refractivity contribution in [1.82, 2.24) is 9.13 Å². The molecule has 0 aliphatic carbocycles. The predicted molar refractivity (Wildman–Crippen MR) is 144 cm³/mol. The van der Waals surface area contributed by atoms with Gasteiger partial charge in [0.25, 0.3) is 0 Å². The van der Waals surface area contributed by atoms with Gasteiger partial charge in [-0.2, -0.15) is 0 Å². The molecule has 2 aromatic heterocycles. The Hall–Kier alpha value is -3.52. The summed E-state index contributed by atoms with van der Waals surface area (Å²) in [6.07, 6.45) is 0. The molecule has 0 saturated heterocycles. The smallest absolute Gasteiger partial charge is 0.0493 e. The number of benzene rings is 4. The van der Waals surface area contributed by atoms with Crippen LogP contribution < -0.4 is 0 Å². The van der Waals surface area contributed by atoms with E-state index in [0.29, 0.717) is 12.0 Å². The summed E-state index contributed by atoms with van der Waals surface area (Å²) < 4.78 is 4.68. The third-order valence-electron chi connectivity index (χ3n) is 6.74. The molecule has 2 nitrogen and oxygen atoms in total. The molecule has 0 atom stereocenters. The van der Waals surface area contributed by atoms with E-state index in [-0.39, 0.29) is 0 Å². The first-order valence-corrected chi connectivity index (χ1v) is 11.9. The quantitative estimate of drug-likeness (QED) is 0.259. The summed E-state index contributed by atoms with van der Waals surface area (Å²) >= 11 is 0. The second kappa shape index (κ2) is 8.44. The lowest BCUT2D eigenvalue weighted by Gasteiger charge is -2.10. The molecule has 2 heterocycles. The van der Waals surface area contributed by atoms with Crippen LogP contribution in [0.3, 0.4) is 0 Å². The van der Waals surface area contributed by atoms with Gasteiger partial charge in [-0.25, -0.2) is 0 Å². The third kappa shape index (κ3) is 3.60. The van der Waals surface area contributed by atoms with E-state index in [9.17, 15) is 0 Å². The second-order valence-corrected chi connectivity index (χ2v) is 9.51. The summed E-state index contributed by atoms with van der Waals surface area (Å²) in [4.78, 5) is 0. The van der Waals surface area contributed by atoms with Gasteiger partial charge in [-0.05, 0) is 55.7 Å². The molecule has 0 radical (unpaired) electrons. The molecule has 0 saturated carbocycles. The molecule has 0 amide bonds. The third-order valence-corrected chi connectivity index (χ3v) is 6.74. The van der Waals surface area contributed by atoms with Gasteiger partial charge in [-0.1, -0.05) is 74.5 Å².